The molecule has 1 aromatic heterocycles. The molecule has 0 atom stereocenters. The van der Waals surface area contributed by atoms with Gasteiger partial charge in [-0.25, -0.2) is 0 Å². The van der Waals surface area contributed by atoms with E-state index in [1.807, 2.05) is 12.1 Å². The number of nitrogens with zero attached hydrogens (tertiary/aromatic N) is 2. The van der Waals surface area contributed by atoms with Gasteiger partial charge in [-0.3, -0.25) is 0 Å². The van der Waals surface area contributed by atoms with Crippen LogP contribution in [0.25, 0.3) is 0 Å². The van der Waals surface area contributed by atoms with E-state index < -0.39 is 0 Å². The van der Waals surface area contributed by atoms with Crippen LogP contribution in [-0.4, -0.2) is 10.2 Å². The molecule has 1 aromatic rings. The van der Waals surface area contributed by atoms with Gasteiger partial charge in [-0.1, -0.05) is 13.3 Å². The fourth-order valence-corrected chi connectivity index (χ4v) is 0.945. The molecular formula is C7H9BrN2. The highest BCUT2D eigenvalue weighted by atomic mass is 79.9. The third kappa shape index (κ3) is 2.06. The Morgan fingerprint density at radius 3 is 2.70 bits per heavy atom. The second-order valence-corrected chi connectivity index (χ2v) is 2.91. The molecule has 0 aromatic carbocycles. The van der Waals surface area contributed by atoms with E-state index in [1.165, 1.54) is 0 Å². The van der Waals surface area contributed by atoms with Crippen molar-refractivity contribution in [1.29, 1.82) is 0 Å². The first kappa shape index (κ1) is 7.66. The maximum absolute atomic E-state index is 3.97. The first-order valence-corrected chi connectivity index (χ1v) is 4.10. The molecule has 1 heterocycles. The van der Waals surface area contributed by atoms with Crippen molar-refractivity contribution in [3.8, 4) is 0 Å². The zero-order valence-corrected chi connectivity index (χ0v) is 7.43. The lowest BCUT2D eigenvalue weighted by Gasteiger charge is -1.93. The van der Waals surface area contributed by atoms with E-state index in [2.05, 4.69) is 33.1 Å². The zero-order valence-electron chi connectivity index (χ0n) is 5.84. The Labute approximate surface area is 68.8 Å². The van der Waals surface area contributed by atoms with Gasteiger partial charge < -0.3 is 0 Å². The lowest BCUT2D eigenvalue weighted by atomic mass is 10.2. The molecule has 0 fully saturated rings. The van der Waals surface area contributed by atoms with Crippen molar-refractivity contribution in [2.24, 2.45) is 0 Å². The van der Waals surface area contributed by atoms with Gasteiger partial charge in [0, 0.05) is 0 Å². The Hall–Kier alpha value is -0.440. The Kier molecular flexibility index (Phi) is 2.81. The highest BCUT2D eigenvalue weighted by molar-refractivity contribution is 9.10. The molecule has 0 radical (unpaired) electrons. The molecule has 3 heteroatoms. The van der Waals surface area contributed by atoms with Crippen molar-refractivity contribution >= 4 is 15.9 Å². The second kappa shape index (κ2) is 3.66. The molecule has 0 unspecified atom stereocenters. The lowest BCUT2D eigenvalue weighted by Crippen LogP contribution is -1.90. The van der Waals surface area contributed by atoms with Crippen LogP contribution in [0, 0.1) is 0 Å². The maximum Gasteiger partial charge on any atom is 0.128 e. The Bertz CT molecular complexity index is 195. The summed E-state index contributed by atoms with van der Waals surface area (Å²) < 4.78 is 0.798. The monoisotopic (exact) mass is 200 g/mol. The van der Waals surface area contributed by atoms with Crippen LogP contribution in [0.2, 0.25) is 0 Å². The molecule has 0 saturated heterocycles. The number of hydrogen-bond donors (Lipinski definition) is 0. The third-order valence-corrected chi connectivity index (χ3v) is 1.62. The average Bonchev–Trinajstić information content (AvgIpc) is 1.95. The van der Waals surface area contributed by atoms with Crippen molar-refractivity contribution < 1.29 is 0 Å². The summed E-state index contributed by atoms with van der Waals surface area (Å²) in [6.07, 6.45) is 2.14. The first-order valence-electron chi connectivity index (χ1n) is 3.31. The standard InChI is InChI=1S/C7H9BrN2/c1-2-3-6-4-5-7(8)10-9-6/h4-5H,2-3H2,1H3. The summed E-state index contributed by atoms with van der Waals surface area (Å²) in [6.45, 7) is 2.13. The van der Waals surface area contributed by atoms with E-state index in [-0.39, 0.29) is 0 Å². The molecule has 2 nitrogen and oxygen atoms in total. The van der Waals surface area contributed by atoms with E-state index >= 15 is 0 Å². The van der Waals surface area contributed by atoms with Gasteiger partial charge in [-0.2, -0.15) is 5.10 Å². The van der Waals surface area contributed by atoms with Crippen molar-refractivity contribution in [1.82, 2.24) is 10.2 Å². The van der Waals surface area contributed by atoms with Crippen molar-refractivity contribution in [3.63, 3.8) is 0 Å². The molecule has 0 aliphatic rings. The maximum atomic E-state index is 3.97. The van der Waals surface area contributed by atoms with E-state index in [1.54, 1.807) is 0 Å². The molecule has 0 saturated carbocycles. The molecule has 0 spiro atoms. The summed E-state index contributed by atoms with van der Waals surface area (Å²) in [5.41, 5.74) is 1.06. The number of halogens is 1. The molecule has 0 aliphatic heterocycles. The number of hydrogen-bond acceptors (Lipinski definition) is 2. The summed E-state index contributed by atoms with van der Waals surface area (Å²) in [5.74, 6) is 0. The van der Waals surface area contributed by atoms with Crippen LogP contribution in [0.15, 0.2) is 16.7 Å². The molecule has 10 heavy (non-hydrogen) atoms. The zero-order chi connectivity index (χ0) is 7.40. The van der Waals surface area contributed by atoms with Gasteiger partial charge in [0.2, 0.25) is 0 Å². The molecule has 0 bridgehead atoms. The summed E-state index contributed by atoms with van der Waals surface area (Å²) in [6, 6.07) is 3.90. The minimum atomic E-state index is 0.798. The van der Waals surface area contributed by atoms with E-state index in [0.29, 0.717) is 0 Å². The van der Waals surface area contributed by atoms with Crippen molar-refractivity contribution in [2.45, 2.75) is 19.8 Å². The predicted octanol–water partition coefficient (Wildman–Crippen LogP) is 2.19. The van der Waals surface area contributed by atoms with Crippen molar-refractivity contribution in [2.75, 3.05) is 0 Å². The van der Waals surface area contributed by atoms with E-state index in [4.69, 9.17) is 0 Å². The molecule has 0 amide bonds. The van der Waals surface area contributed by atoms with E-state index in [0.717, 1.165) is 23.1 Å². The van der Waals surface area contributed by atoms with Crippen LogP contribution in [0.3, 0.4) is 0 Å². The topological polar surface area (TPSA) is 25.8 Å². The molecule has 0 aliphatic carbocycles. The predicted molar refractivity (Wildman–Crippen MR) is 43.7 cm³/mol. The summed E-state index contributed by atoms with van der Waals surface area (Å²) in [5, 5.41) is 7.84. The summed E-state index contributed by atoms with van der Waals surface area (Å²) >= 11 is 3.22. The molecule has 1 rings (SSSR count). The summed E-state index contributed by atoms with van der Waals surface area (Å²) in [7, 11) is 0. The van der Waals surface area contributed by atoms with Crippen molar-refractivity contribution in [3.05, 3.63) is 22.4 Å². The molecular weight excluding hydrogens is 192 g/mol. The van der Waals surface area contributed by atoms with Crippen LogP contribution in [0.5, 0.6) is 0 Å². The van der Waals surface area contributed by atoms with Gasteiger partial charge >= 0.3 is 0 Å². The minimum Gasteiger partial charge on any atom is -0.155 e. The van der Waals surface area contributed by atoms with Crippen LogP contribution >= 0.6 is 15.9 Å². The quantitative estimate of drug-likeness (QED) is 0.732. The number of aryl methyl sites for hydroxylation is 1. The minimum absolute atomic E-state index is 0.798. The Morgan fingerprint density at radius 2 is 2.20 bits per heavy atom. The van der Waals surface area contributed by atoms with Crippen LogP contribution in [-0.2, 0) is 6.42 Å². The smallest absolute Gasteiger partial charge is 0.128 e. The normalized spacial score (nSPS) is 9.80. The third-order valence-electron chi connectivity index (χ3n) is 1.19. The average molecular weight is 201 g/mol. The summed E-state index contributed by atoms with van der Waals surface area (Å²) in [4.78, 5) is 0. The number of aromatic nitrogens is 2. The SMILES string of the molecule is CCCc1ccc(Br)nn1. The van der Waals surface area contributed by atoms with Gasteiger partial charge in [0.05, 0.1) is 5.69 Å². The van der Waals surface area contributed by atoms with Gasteiger partial charge in [0.1, 0.15) is 4.60 Å². The highest BCUT2D eigenvalue weighted by Gasteiger charge is 1.92. The van der Waals surface area contributed by atoms with Crippen LogP contribution in [0.1, 0.15) is 19.0 Å². The van der Waals surface area contributed by atoms with E-state index in [9.17, 15) is 0 Å². The lowest BCUT2D eigenvalue weighted by molar-refractivity contribution is 0.832. The Balaban J connectivity index is 2.69. The van der Waals surface area contributed by atoms with Gasteiger partial charge in [0.15, 0.2) is 0 Å². The van der Waals surface area contributed by atoms with Crippen LogP contribution in [0.4, 0.5) is 0 Å². The van der Waals surface area contributed by atoms with Gasteiger partial charge in [0.25, 0.3) is 0 Å². The van der Waals surface area contributed by atoms with Crippen LogP contribution < -0.4 is 0 Å². The Morgan fingerprint density at radius 1 is 1.40 bits per heavy atom. The molecule has 54 valence electrons. The largest absolute Gasteiger partial charge is 0.155 e. The molecule has 0 N–H and O–H groups in total. The fourth-order valence-electron chi connectivity index (χ4n) is 0.733. The first-order chi connectivity index (χ1) is 4.83. The second-order valence-electron chi connectivity index (χ2n) is 2.10. The number of rotatable bonds is 2. The fraction of sp³-hybridized carbons (Fsp3) is 0.429. The van der Waals surface area contributed by atoms with Gasteiger partial charge in [-0.15, -0.1) is 5.10 Å². The van der Waals surface area contributed by atoms with Gasteiger partial charge in [-0.05, 0) is 34.5 Å². The highest BCUT2D eigenvalue weighted by Crippen LogP contribution is 2.04.